The average Bonchev–Trinajstić information content (AvgIpc) is 4.22. The van der Waals surface area contributed by atoms with Gasteiger partial charge >= 0.3 is 0 Å². The number of rotatable bonds is 27. The number of aromatic amines is 2. The molecule has 0 radical (unpaired) electrons. The first-order valence-corrected chi connectivity index (χ1v) is 25.4. The number of carbonyl (C=O) groups excluding carboxylic acids is 8. The highest BCUT2D eigenvalue weighted by atomic mass is 32.1. The molecule has 6 rings (SSSR count). The summed E-state index contributed by atoms with van der Waals surface area (Å²) in [4.78, 5) is 128. The Bertz CT molecular complexity index is 2890. The van der Waals surface area contributed by atoms with E-state index in [1.807, 2.05) is 66.0 Å². The molecule has 0 unspecified atom stereocenters. The fourth-order valence-electron chi connectivity index (χ4n) is 9.05. The van der Waals surface area contributed by atoms with Crippen LogP contribution in [0.25, 0.3) is 21.8 Å². The number of likely N-dealkylation sites (tertiary alicyclic amines) is 1. The Morgan fingerprint density at radius 1 is 0.693 bits per heavy atom. The van der Waals surface area contributed by atoms with Crippen LogP contribution in [0.5, 0.6) is 0 Å². The number of likely N-dealkylation sites (N-methyl/N-ethyl adjacent to an activating group) is 1. The lowest BCUT2D eigenvalue weighted by molar-refractivity contribution is -0.143. The zero-order valence-corrected chi connectivity index (χ0v) is 42.4. The van der Waals surface area contributed by atoms with Crippen molar-refractivity contribution < 1.29 is 38.4 Å². The number of hydrogen-bond donors (Lipinski definition) is 12. The molecule has 75 heavy (non-hydrogen) atoms. The van der Waals surface area contributed by atoms with Gasteiger partial charge in [-0.1, -0.05) is 42.5 Å². The molecule has 0 aliphatic carbocycles. The number of fused-ring (bicyclic) bond motifs is 2. The maximum absolute atomic E-state index is 15.0. The van der Waals surface area contributed by atoms with Crippen molar-refractivity contribution in [3.63, 3.8) is 0 Å². The predicted molar refractivity (Wildman–Crippen MR) is 284 cm³/mol. The summed E-state index contributed by atoms with van der Waals surface area (Å²) in [6, 6.07) is 11.1. The summed E-state index contributed by atoms with van der Waals surface area (Å²) >= 11 is 1.42. The Hall–Kier alpha value is -8.48. The SMILES string of the molecule is CN(C(=O)Cc1cccs1)[C@@H](Cc1c[nH]c2ccccc12)C(=O)N[C@@H](Cc1c[nH]c2ccccc12)C(=O)N[C@@H](CCCN=C(N)N)C(=O)N1CCC[C@H]1C(=O)N[C@@H](CCCN=C(N)N)C(=O)N[C@@H](CC(N)=O)C(N)=O. The molecule has 3 aromatic heterocycles. The number of para-hydroxylation sites is 2. The van der Waals surface area contributed by atoms with E-state index in [0.29, 0.717) is 12.0 Å². The van der Waals surface area contributed by atoms with Crippen molar-refractivity contribution in [3.8, 4) is 0 Å². The third kappa shape index (κ3) is 15.5. The van der Waals surface area contributed by atoms with Crippen LogP contribution in [0.15, 0.2) is 88.4 Å². The highest BCUT2D eigenvalue weighted by Gasteiger charge is 2.40. The first-order valence-electron chi connectivity index (χ1n) is 24.5. The van der Waals surface area contributed by atoms with Crippen molar-refractivity contribution in [2.24, 2.45) is 44.4 Å². The molecule has 5 aromatic rings. The number of aliphatic imine (C=N–C) groups is 2. The number of aromatic nitrogens is 2. The van der Waals surface area contributed by atoms with Crippen LogP contribution in [0.3, 0.4) is 0 Å². The van der Waals surface area contributed by atoms with Crippen molar-refractivity contribution in [1.82, 2.24) is 41.0 Å². The first kappa shape index (κ1) is 55.8. The zero-order chi connectivity index (χ0) is 54.2. The lowest BCUT2D eigenvalue weighted by Gasteiger charge is -2.32. The Balaban J connectivity index is 1.29. The number of benzene rings is 2. The topological polar surface area (TPSA) is 404 Å². The summed E-state index contributed by atoms with van der Waals surface area (Å²) in [5.41, 5.74) is 36.0. The number of H-pyrrole nitrogens is 2. The van der Waals surface area contributed by atoms with Crippen LogP contribution >= 0.6 is 11.3 Å². The normalized spacial score (nSPS) is 15.2. The molecule has 0 bridgehead atoms. The molecule has 8 amide bonds. The standard InChI is InChI=1S/C50H66N16O8S/c1-65(42(68)24-30-10-9-21-75-30)40(23-29-27-60-34-14-5-3-12-32(29)34)47(73)64-38(22-28-26-59-33-13-4-2-11-31(28)33)45(71)62-36(16-7-19-58-50(55)56)48(74)66-20-8-17-39(66)46(72)61-35(15-6-18-57-49(53)54)44(70)63-37(43(52)69)25-41(51)67/h2-5,9-14,21,26-27,35-40,59-60H,6-8,15-20,22-25H2,1H3,(H2,51,67)(H2,52,69)(H,61,72)(H,62,71)(H,63,70)(H,64,73)(H4,53,54,57)(H4,55,56,58)/t35-,36-,37-,38-,39-,40-/m0/s1. The molecule has 0 spiro atoms. The largest absolute Gasteiger partial charge is 0.370 e. The summed E-state index contributed by atoms with van der Waals surface area (Å²) in [7, 11) is 1.56. The summed E-state index contributed by atoms with van der Waals surface area (Å²) < 4.78 is 0. The third-order valence-electron chi connectivity index (χ3n) is 12.9. The third-order valence-corrected chi connectivity index (χ3v) is 13.8. The van der Waals surface area contributed by atoms with Gasteiger partial charge in [0.15, 0.2) is 11.9 Å². The van der Waals surface area contributed by atoms with E-state index >= 15 is 0 Å². The summed E-state index contributed by atoms with van der Waals surface area (Å²) in [5.74, 6) is -6.21. The Labute approximate surface area is 436 Å². The van der Waals surface area contributed by atoms with Crippen LogP contribution in [-0.4, -0.2) is 142 Å². The number of amides is 8. The molecule has 1 aliphatic rings. The minimum atomic E-state index is -1.48. The van der Waals surface area contributed by atoms with E-state index < -0.39 is 84.0 Å². The van der Waals surface area contributed by atoms with E-state index in [0.717, 1.165) is 32.2 Å². The van der Waals surface area contributed by atoms with Crippen molar-refractivity contribution in [1.29, 1.82) is 0 Å². The van der Waals surface area contributed by atoms with Crippen LogP contribution in [0.4, 0.5) is 0 Å². The van der Waals surface area contributed by atoms with E-state index in [9.17, 15) is 38.4 Å². The minimum absolute atomic E-state index is 0.00666. The first-order chi connectivity index (χ1) is 35.9. The number of thiophene rings is 1. The Kier molecular flexibility index (Phi) is 19.7. The molecular weight excluding hydrogens is 985 g/mol. The molecule has 25 heteroatoms. The quantitative estimate of drug-likeness (QED) is 0.0171. The zero-order valence-electron chi connectivity index (χ0n) is 41.6. The van der Waals surface area contributed by atoms with Crippen LogP contribution in [-0.2, 0) is 57.6 Å². The highest BCUT2D eigenvalue weighted by molar-refractivity contribution is 7.10. The second kappa shape index (κ2) is 26.5. The lowest BCUT2D eigenvalue weighted by Crippen LogP contribution is -2.60. The Morgan fingerprint density at radius 3 is 1.83 bits per heavy atom. The molecule has 400 valence electrons. The number of nitrogens with one attached hydrogen (secondary N) is 6. The summed E-state index contributed by atoms with van der Waals surface area (Å²) in [5, 5.41) is 14.4. The van der Waals surface area contributed by atoms with Gasteiger partial charge in [0.2, 0.25) is 47.3 Å². The predicted octanol–water partition coefficient (Wildman–Crippen LogP) is -1.04. The van der Waals surface area contributed by atoms with Crippen molar-refractivity contribution >= 4 is 92.3 Å². The van der Waals surface area contributed by atoms with E-state index in [1.54, 1.807) is 19.4 Å². The van der Waals surface area contributed by atoms with E-state index in [-0.39, 0.29) is 88.8 Å². The van der Waals surface area contributed by atoms with Gasteiger partial charge in [0.25, 0.3) is 0 Å². The maximum Gasteiger partial charge on any atom is 0.245 e. The second-order valence-electron chi connectivity index (χ2n) is 18.3. The average molecular weight is 1050 g/mol. The van der Waals surface area contributed by atoms with Crippen LogP contribution in [0.2, 0.25) is 0 Å². The smallest absolute Gasteiger partial charge is 0.245 e. The van der Waals surface area contributed by atoms with Gasteiger partial charge in [0.1, 0.15) is 36.3 Å². The van der Waals surface area contributed by atoms with Crippen molar-refractivity contribution in [3.05, 3.63) is 94.4 Å². The lowest BCUT2D eigenvalue weighted by atomic mass is 10.00. The summed E-state index contributed by atoms with van der Waals surface area (Å²) in [6.45, 7) is 0.258. The van der Waals surface area contributed by atoms with Gasteiger partial charge in [-0.25, -0.2) is 0 Å². The van der Waals surface area contributed by atoms with Gasteiger partial charge in [-0.3, -0.25) is 48.3 Å². The number of nitrogens with two attached hydrogens (primary N) is 6. The number of guanidine groups is 2. The van der Waals surface area contributed by atoms with Crippen molar-refractivity contribution in [2.75, 3.05) is 26.7 Å². The monoisotopic (exact) mass is 1050 g/mol. The van der Waals surface area contributed by atoms with Gasteiger partial charge in [-0.15, -0.1) is 11.3 Å². The molecule has 18 N–H and O–H groups in total. The van der Waals surface area contributed by atoms with Crippen LogP contribution in [0.1, 0.15) is 60.9 Å². The molecule has 24 nitrogen and oxygen atoms in total. The minimum Gasteiger partial charge on any atom is -0.370 e. The number of nitrogens with zero attached hydrogens (tertiary/aromatic N) is 4. The van der Waals surface area contributed by atoms with E-state index in [2.05, 4.69) is 41.2 Å². The maximum atomic E-state index is 15.0. The molecule has 2 aromatic carbocycles. The molecule has 6 atom stereocenters. The van der Waals surface area contributed by atoms with Gasteiger partial charge < -0.3 is 75.4 Å². The van der Waals surface area contributed by atoms with Gasteiger partial charge in [-0.2, -0.15) is 0 Å². The van der Waals surface area contributed by atoms with Crippen LogP contribution < -0.4 is 55.7 Å². The second-order valence-corrected chi connectivity index (χ2v) is 19.3. The number of carbonyl (C=O) groups is 8. The molecule has 4 heterocycles. The molecular formula is C50H66N16O8S. The van der Waals surface area contributed by atoms with Gasteiger partial charge in [0.05, 0.1) is 12.8 Å². The number of hydrogen-bond acceptors (Lipinski definition) is 11. The molecule has 1 aliphatic heterocycles. The molecule has 1 fully saturated rings. The fraction of sp³-hybridized carbons (Fsp3) is 0.400. The van der Waals surface area contributed by atoms with Gasteiger partial charge in [0, 0.05) is 78.6 Å². The number of primary amides is 2. The van der Waals surface area contributed by atoms with Crippen molar-refractivity contribution in [2.45, 2.75) is 100 Å². The van der Waals surface area contributed by atoms with Gasteiger partial charge in [-0.05, 0) is 73.2 Å². The van der Waals surface area contributed by atoms with E-state index in [1.165, 1.54) is 21.1 Å². The Morgan fingerprint density at radius 2 is 1.25 bits per heavy atom. The fourth-order valence-corrected chi connectivity index (χ4v) is 9.74. The van der Waals surface area contributed by atoms with Crippen LogP contribution in [0, 0.1) is 0 Å². The highest BCUT2D eigenvalue weighted by Crippen LogP contribution is 2.24. The molecule has 0 saturated carbocycles. The van der Waals surface area contributed by atoms with E-state index in [4.69, 9.17) is 34.4 Å². The summed E-state index contributed by atoms with van der Waals surface area (Å²) in [6.07, 6.45) is 3.92. The molecule has 1 saturated heterocycles.